The molecule has 0 amide bonds. The van der Waals surface area contributed by atoms with E-state index in [-0.39, 0.29) is 0 Å². The molecule has 0 radical (unpaired) electrons. The number of hydrogen-bond acceptors (Lipinski definition) is 6. The first kappa shape index (κ1) is 20.1. The van der Waals surface area contributed by atoms with Gasteiger partial charge < -0.3 is 9.73 Å². The lowest BCUT2D eigenvalue weighted by molar-refractivity contribution is 0.631. The number of fused-ring (bicyclic) bond motifs is 2. The number of anilines is 1. The molecule has 6 aromatic rings. The second-order valence-electron chi connectivity index (χ2n) is 8.02. The molecule has 0 aliphatic heterocycles. The van der Waals surface area contributed by atoms with Crippen molar-refractivity contribution in [2.45, 2.75) is 6.42 Å². The number of benzene rings is 2. The van der Waals surface area contributed by atoms with Gasteiger partial charge in [0.25, 0.3) is 0 Å². The lowest BCUT2D eigenvalue weighted by Gasteiger charge is -2.12. The van der Waals surface area contributed by atoms with E-state index >= 15 is 0 Å². The van der Waals surface area contributed by atoms with Crippen LogP contribution in [0.3, 0.4) is 0 Å². The number of aromatic nitrogens is 4. The summed E-state index contributed by atoms with van der Waals surface area (Å²) in [6.07, 6.45) is 6.13. The molecule has 0 saturated carbocycles. The highest BCUT2D eigenvalue weighted by Crippen LogP contribution is 2.32. The van der Waals surface area contributed by atoms with Gasteiger partial charge >= 0.3 is 0 Å². The molecule has 1 N–H and O–H groups in total. The van der Waals surface area contributed by atoms with E-state index in [9.17, 15) is 0 Å². The molecular formula is C28H21N5O. The van der Waals surface area contributed by atoms with E-state index in [1.165, 1.54) is 0 Å². The zero-order chi connectivity index (χ0) is 22.7. The minimum absolute atomic E-state index is 0.637. The first-order valence-electron chi connectivity index (χ1n) is 11.2. The Morgan fingerprint density at radius 3 is 2.59 bits per heavy atom. The zero-order valence-electron chi connectivity index (χ0n) is 18.3. The van der Waals surface area contributed by atoms with Gasteiger partial charge in [-0.05, 0) is 54.6 Å². The molecule has 0 unspecified atom stereocenters. The number of para-hydroxylation sites is 1. The predicted molar refractivity (Wildman–Crippen MR) is 134 cm³/mol. The SMILES string of the molecule is c1ccc(CCNc2nc(-c3cccnc3)nc3ccc(-c4cc5ccccc5o4)cc23)nc1. The molecule has 0 fully saturated rings. The standard InChI is InChI=1S/C28H21N5O/c1-2-9-25-19(6-1)17-26(34-25)20-10-11-24-23(16-20)28(31-15-12-22-8-3-4-14-30-22)33-27(32-24)21-7-5-13-29-18-21/h1-11,13-14,16-18H,12,15H2,(H,31,32,33). The molecule has 164 valence electrons. The van der Waals surface area contributed by atoms with Crippen LogP contribution in [0.25, 0.3) is 44.6 Å². The summed E-state index contributed by atoms with van der Waals surface area (Å²) in [5.41, 5.74) is 4.61. The Morgan fingerprint density at radius 1 is 0.794 bits per heavy atom. The maximum atomic E-state index is 6.10. The van der Waals surface area contributed by atoms with Crippen molar-refractivity contribution in [2.75, 3.05) is 11.9 Å². The Balaban J connectivity index is 1.41. The van der Waals surface area contributed by atoms with Crippen molar-refractivity contribution in [1.29, 1.82) is 0 Å². The Kier molecular flexibility index (Phi) is 5.16. The highest BCUT2D eigenvalue weighted by atomic mass is 16.3. The van der Waals surface area contributed by atoms with Crippen molar-refractivity contribution < 1.29 is 4.42 Å². The van der Waals surface area contributed by atoms with Gasteiger partial charge in [0, 0.05) is 59.1 Å². The molecule has 34 heavy (non-hydrogen) atoms. The van der Waals surface area contributed by atoms with Crippen LogP contribution in [0.4, 0.5) is 5.82 Å². The molecule has 0 aliphatic rings. The molecule has 6 nitrogen and oxygen atoms in total. The Labute approximate surface area is 196 Å². The van der Waals surface area contributed by atoms with Crippen LogP contribution >= 0.6 is 0 Å². The van der Waals surface area contributed by atoms with E-state index in [0.717, 1.165) is 56.7 Å². The van der Waals surface area contributed by atoms with E-state index in [4.69, 9.17) is 14.4 Å². The molecule has 6 heteroatoms. The van der Waals surface area contributed by atoms with Gasteiger partial charge in [0.2, 0.25) is 0 Å². The number of nitrogens with one attached hydrogen (secondary N) is 1. The van der Waals surface area contributed by atoms with Crippen LogP contribution in [0.2, 0.25) is 0 Å². The number of rotatable bonds is 6. The van der Waals surface area contributed by atoms with Gasteiger partial charge in [-0.3, -0.25) is 9.97 Å². The van der Waals surface area contributed by atoms with Crippen LogP contribution in [0.15, 0.2) is 102 Å². The largest absolute Gasteiger partial charge is 0.456 e. The fourth-order valence-electron chi connectivity index (χ4n) is 4.02. The second kappa shape index (κ2) is 8.75. The summed E-state index contributed by atoms with van der Waals surface area (Å²) < 4.78 is 6.10. The zero-order valence-corrected chi connectivity index (χ0v) is 18.3. The summed E-state index contributed by atoms with van der Waals surface area (Å²) in [4.78, 5) is 18.3. The normalized spacial score (nSPS) is 11.2. The number of hydrogen-bond donors (Lipinski definition) is 1. The second-order valence-corrected chi connectivity index (χ2v) is 8.02. The Morgan fingerprint density at radius 2 is 1.74 bits per heavy atom. The third kappa shape index (κ3) is 3.97. The summed E-state index contributed by atoms with van der Waals surface area (Å²) in [5.74, 6) is 2.23. The summed E-state index contributed by atoms with van der Waals surface area (Å²) in [6, 6.07) is 26.0. The van der Waals surface area contributed by atoms with Crippen LogP contribution in [0.1, 0.15) is 5.69 Å². The number of furan rings is 1. The minimum Gasteiger partial charge on any atom is -0.456 e. The lowest BCUT2D eigenvalue weighted by atomic mass is 10.1. The predicted octanol–water partition coefficient (Wildman–Crippen LogP) is 6.15. The molecule has 0 aliphatic carbocycles. The fourth-order valence-corrected chi connectivity index (χ4v) is 4.02. The van der Waals surface area contributed by atoms with Crippen molar-refractivity contribution in [1.82, 2.24) is 19.9 Å². The van der Waals surface area contributed by atoms with Crippen LogP contribution in [0, 0.1) is 0 Å². The third-order valence-electron chi connectivity index (χ3n) is 5.73. The van der Waals surface area contributed by atoms with Gasteiger partial charge in [0.05, 0.1) is 5.52 Å². The molecular weight excluding hydrogens is 422 g/mol. The van der Waals surface area contributed by atoms with Crippen molar-refractivity contribution >= 4 is 27.7 Å². The van der Waals surface area contributed by atoms with Gasteiger partial charge in [-0.2, -0.15) is 0 Å². The van der Waals surface area contributed by atoms with Gasteiger partial charge in [-0.25, -0.2) is 9.97 Å². The van der Waals surface area contributed by atoms with Crippen molar-refractivity contribution in [2.24, 2.45) is 0 Å². The van der Waals surface area contributed by atoms with Crippen molar-refractivity contribution in [3.63, 3.8) is 0 Å². The Bertz CT molecular complexity index is 1550. The Hall–Kier alpha value is -4.58. The van der Waals surface area contributed by atoms with E-state index < -0.39 is 0 Å². The van der Waals surface area contributed by atoms with E-state index in [0.29, 0.717) is 12.4 Å². The van der Waals surface area contributed by atoms with E-state index in [2.05, 4.69) is 33.5 Å². The first-order chi connectivity index (χ1) is 16.8. The van der Waals surface area contributed by atoms with Gasteiger partial charge in [0.15, 0.2) is 5.82 Å². The molecule has 0 atom stereocenters. The molecule has 4 aromatic heterocycles. The summed E-state index contributed by atoms with van der Waals surface area (Å²) in [6.45, 7) is 0.699. The van der Waals surface area contributed by atoms with Gasteiger partial charge in [-0.1, -0.05) is 24.3 Å². The highest BCUT2D eigenvalue weighted by molar-refractivity contribution is 5.94. The lowest BCUT2D eigenvalue weighted by Crippen LogP contribution is -2.09. The fraction of sp³-hybridized carbons (Fsp3) is 0.0714. The maximum absolute atomic E-state index is 6.10. The number of nitrogens with zero attached hydrogens (tertiary/aromatic N) is 4. The van der Waals surface area contributed by atoms with Gasteiger partial charge in [0.1, 0.15) is 17.2 Å². The van der Waals surface area contributed by atoms with E-state index in [1.807, 2.05) is 66.9 Å². The van der Waals surface area contributed by atoms with Crippen LogP contribution in [-0.2, 0) is 6.42 Å². The summed E-state index contributed by atoms with van der Waals surface area (Å²) in [7, 11) is 0. The maximum Gasteiger partial charge on any atom is 0.163 e. The number of pyridine rings is 2. The van der Waals surface area contributed by atoms with Crippen molar-refractivity contribution in [3.05, 3.63) is 103 Å². The average molecular weight is 444 g/mol. The molecule has 0 spiro atoms. The smallest absolute Gasteiger partial charge is 0.163 e. The highest BCUT2D eigenvalue weighted by Gasteiger charge is 2.13. The van der Waals surface area contributed by atoms with Crippen molar-refractivity contribution in [3.8, 4) is 22.7 Å². The van der Waals surface area contributed by atoms with Crippen LogP contribution in [0.5, 0.6) is 0 Å². The molecule has 0 bridgehead atoms. The third-order valence-corrected chi connectivity index (χ3v) is 5.73. The first-order valence-corrected chi connectivity index (χ1v) is 11.2. The topological polar surface area (TPSA) is 76.7 Å². The summed E-state index contributed by atoms with van der Waals surface area (Å²) >= 11 is 0. The summed E-state index contributed by atoms with van der Waals surface area (Å²) in [5, 5.41) is 5.52. The molecule has 6 rings (SSSR count). The monoisotopic (exact) mass is 443 g/mol. The molecule has 4 heterocycles. The van der Waals surface area contributed by atoms with Crippen LogP contribution < -0.4 is 5.32 Å². The van der Waals surface area contributed by atoms with E-state index in [1.54, 1.807) is 12.4 Å². The van der Waals surface area contributed by atoms with Crippen LogP contribution in [-0.4, -0.2) is 26.5 Å². The molecule has 2 aromatic carbocycles. The quantitative estimate of drug-likeness (QED) is 0.332. The average Bonchev–Trinajstić information content (AvgIpc) is 3.34. The van der Waals surface area contributed by atoms with Gasteiger partial charge in [-0.15, -0.1) is 0 Å². The molecule has 0 saturated heterocycles. The minimum atomic E-state index is 0.637.